The number of halogens is 1. The third-order valence-corrected chi connectivity index (χ3v) is 6.36. The standard InChI is InChI=1S/C21H21FN2O2S/c22-16-6-3-7-18(12-16)24-19(25)13-27-21(24)15-8-10-17(11-9-15)23-20(26)14-4-1-2-5-14/h3,6-12,14,21H,1-2,4-5,13H2,(H,23,26)/t21-/m1/s1. The molecule has 2 aliphatic rings. The lowest BCUT2D eigenvalue weighted by Crippen LogP contribution is -2.27. The van der Waals surface area contributed by atoms with E-state index < -0.39 is 0 Å². The van der Waals surface area contributed by atoms with Crippen LogP contribution in [0.3, 0.4) is 0 Å². The fourth-order valence-corrected chi connectivity index (χ4v) is 4.92. The van der Waals surface area contributed by atoms with Gasteiger partial charge in [0.1, 0.15) is 11.2 Å². The molecule has 1 saturated carbocycles. The molecule has 1 atom stereocenters. The van der Waals surface area contributed by atoms with E-state index in [-0.39, 0.29) is 28.9 Å². The maximum absolute atomic E-state index is 13.6. The Balaban J connectivity index is 1.50. The van der Waals surface area contributed by atoms with Crippen LogP contribution in [0.4, 0.5) is 15.8 Å². The zero-order chi connectivity index (χ0) is 18.8. The summed E-state index contributed by atoms with van der Waals surface area (Å²) in [4.78, 5) is 26.3. The lowest BCUT2D eigenvalue weighted by molar-refractivity contribution is -0.119. The number of hydrogen-bond donors (Lipinski definition) is 1. The molecule has 2 amide bonds. The molecular weight excluding hydrogens is 363 g/mol. The molecule has 1 heterocycles. The summed E-state index contributed by atoms with van der Waals surface area (Å²) < 4.78 is 13.6. The number of amides is 2. The smallest absolute Gasteiger partial charge is 0.238 e. The van der Waals surface area contributed by atoms with Crippen LogP contribution >= 0.6 is 11.8 Å². The van der Waals surface area contributed by atoms with Gasteiger partial charge in [0.15, 0.2) is 0 Å². The molecule has 0 bridgehead atoms. The number of anilines is 2. The first kappa shape index (κ1) is 18.0. The second-order valence-electron chi connectivity index (χ2n) is 7.00. The van der Waals surface area contributed by atoms with Crippen LogP contribution in [0.25, 0.3) is 0 Å². The van der Waals surface area contributed by atoms with E-state index >= 15 is 0 Å². The number of nitrogens with one attached hydrogen (secondary N) is 1. The molecule has 140 valence electrons. The molecule has 1 aliphatic carbocycles. The van der Waals surface area contributed by atoms with Crippen molar-refractivity contribution < 1.29 is 14.0 Å². The Bertz CT molecular complexity index is 850. The molecule has 2 fully saturated rings. The number of rotatable bonds is 4. The van der Waals surface area contributed by atoms with Crippen molar-refractivity contribution in [1.29, 1.82) is 0 Å². The minimum Gasteiger partial charge on any atom is -0.326 e. The van der Waals surface area contributed by atoms with E-state index in [1.54, 1.807) is 17.0 Å². The van der Waals surface area contributed by atoms with Gasteiger partial charge < -0.3 is 5.32 Å². The van der Waals surface area contributed by atoms with Crippen LogP contribution in [0.5, 0.6) is 0 Å². The predicted molar refractivity (Wildman–Crippen MR) is 106 cm³/mol. The summed E-state index contributed by atoms with van der Waals surface area (Å²) in [5.74, 6) is 0.180. The quantitative estimate of drug-likeness (QED) is 0.829. The van der Waals surface area contributed by atoms with Gasteiger partial charge in [0.25, 0.3) is 0 Å². The average Bonchev–Trinajstić information content (AvgIpc) is 3.32. The summed E-state index contributed by atoms with van der Waals surface area (Å²) in [5.41, 5.74) is 2.28. The molecule has 0 radical (unpaired) electrons. The highest BCUT2D eigenvalue weighted by atomic mass is 32.2. The van der Waals surface area contributed by atoms with Crippen LogP contribution in [-0.4, -0.2) is 17.6 Å². The minimum absolute atomic E-state index is 0.0331. The van der Waals surface area contributed by atoms with Gasteiger partial charge in [-0.25, -0.2) is 4.39 Å². The number of benzene rings is 2. The normalized spacial score (nSPS) is 20.3. The summed E-state index contributed by atoms with van der Waals surface area (Å²) in [7, 11) is 0. The molecule has 0 aromatic heterocycles. The SMILES string of the molecule is O=C(Nc1ccc([C@H]2SCC(=O)N2c2cccc(F)c2)cc1)C1CCCC1. The van der Waals surface area contributed by atoms with Crippen molar-refractivity contribution in [1.82, 2.24) is 0 Å². The topological polar surface area (TPSA) is 49.4 Å². The number of carbonyl (C=O) groups is 2. The molecule has 0 unspecified atom stereocenters. The van der Waals surface area contributed by atoms with Gasteiger partial charge in [-0.2, -0.15) is 0 Å². The average molecular weight is 384 g/mol. The Labute approximate surface area is 162 Å². The second kappa shape index (κ2) is 7.72. The molecule has 0 spiro atoms. The van der Waals surface area contributed by atoms with Gasteiger partial charge in [-0.3, -0.25) is 14.5 Å². The summed E-state index contributed by atoms with van der Waals surface area (Å²) >= 11 is 1.52. The maximum Gasteiger partial charge on any atom is 0.238 e. The van der Waals surface area contributed by atoms with Crippen molar-refractivity contribution in [2.75, 3.05) is 16.0 Å². The Morgan fingerprint density at radius 2 is 1.85 bits per heavy atom. The maximum atomic E-state index is 13.6. The van der Waals surface area contributed by atoms with Crippen LogP contribution in [0.2, 0.25) is 0 Å². The Kier molecular flexibility index (Phi) is 5.16. The third-order valence-electron chi connectivity index (χ3n) is 5.14. The molecule has 27 heavy (non-hydrogen) atoms. The van der Waals surface area contributed by atoms with Gasteiger partial charge in [0, 0.05) is 17.3 Å². The van der Waals surface area contributed by atoms with Crippen molar-refractivity contribution in [3.63, 3.8) is 0 Å². The first-order valence-electron chi connectivity index (χ1n) is 9.22. The predicted octanol–water partition coefficient (Wildman–Crippen LogP) is 4.73. The molecular formula is C21H21FN2O2S. The van der Waals surface area contributed by atoms with Crippen molar-refractivity contribution in [3.05, 3.63) is 59.9 Å². The number of nitrogens with zero attached hydrogens (tertiary/aromatic N) is 1. The van der Waals surface area contributed by atoms with E-state index in [2.05, 4.69) is 5.32 Å². The van der Waals surface area contributed by atoms with Crippen LogP contribution < -0.4 is 10.2 Å². The van der Waals surface area contributed by atoms with Gasteiger partial charge in [0.2, 0.25) is 11.8 Å². The van der Waals surface area contributed by atoms with Crippen LogP contribution in [-0.2, 0) is 9.59 Å². The first-order valence-corrected chi connectivity index (χ1v) is 10.3. The minimum atomic E-state index is -0.360. The third kappa shape index (κ3) is 3.86. The lowest BCUT2D eigenvalue weighted by atomic mass is 10.1. The van der Waals surface area contributed by atoms with Crippen LogP contribution in [0.1, 0.15) is 36.6 Å². The van der Waals surface area contributed by atoms with Crippen molar-refractivity contribution in [3.8, 4) is 0 Å². The van der Waals surface area contributed by atoms with E-state index in [9.17, 15) is 14.0 Å². The summed E-state index contributed by atoms with van der Waals surface area (Å²) in [6, 6.07) is 13.7. The second-order valence-corrected chi connectivity index (χ2v) is 8.07. The highest BCUT2D eigenvalue weighted by Gasteiger charge is 2.34. The molecule has 2 aromatic rings. The summed E-state index contributed by atoms with van der Waals surface area (Å²) in [5, 5.41) is 2.79. The lowest BCUT2D eigenvalue weighted by Gasteiger charge is -2.24. The Morgan fingerprint density at radius 3 is 2.56 bits per heavy atom. The van der Waals surface area contributed by atoms with Crippen molar-refractivity contribution in [2.24, 2.45) is 5.92 Å². The van der Waals surface area contributed by atoms with Crippen LogP contribution in [0.15, 0.2) is 48.5 Å². The van der Waals surface area contributed by atoms with Gasteiger partial charge >= 0.3 is 0 Å². The van der Waals surface area contributed by atoms with Gasteiger partial charge in [-0.1, -0.05) is 31.0 Å². The number of carbonyl (C=O) groups excluding carboxylic acids is 2. The van der Waals surface area contributed by atoms with Crippen molar-refractivity contribution in [2.45, 2.75) is 31.1 Å². The largest absolute Gasteiger partial charge is 0.326 e. The molecule has 2 aromatic carbocycles. The Hall–Kier alpha value is -2.34. The summed E-state index contributed by atoms with van der Waals surface area (Å²) in [6.07, 6.45) is 4.18. The number of hydrogen-bond acceptors (Lipinski definition) is 3. The van der Waals surface area contributed by atoms with Gasteiger partial charge in [-0.05, 0) is 48.7 Å². The van der Waals surface area contributed by atoms with E-state index in [1.807, 2.05) is 24.3 Å². The van der Waals surface area contributed by atoms with Crippen LogP contribution in [0, 0.1) is 11.7 Å². The molecule has 1 N–H and O–H groups in total. The highest BCUT2D eigenvalue weighted by molar-refractivity contribution is 8.00. The van der Waals surface area contributed by atoms with E-state index in [0.717, 1.165) is 36.9 Å². The van der Waals surface area contributed by atoms with Gasteiger partial charge in [0.05, 0.1) is 5.75 Å². The van der Waals surface area contributed by atoms with Gasteiger partial charge in [-0.15, -0.1) is 11.8 Å². The first-order chi connectivity index (χ1) is 13.1. The molecule has 1 saturated heterocycles. The number of thioether (sulfide) groups is 1. The van der Waals surface area contributed by atoms with E-state index in [0.29, 0.717) is 11.4 Å². The molecule has 4 nitrogen and oxygen atoms in total. The molecule has 6 heteroatoms. The molecule has 4 rings (SSSR count). The summed E-state index contributed by atoms with van der Waals surface area (Å²) in [6.45, 7) is 0. The van der Waals surface area contributed by atoms with E-state index in [1.165, 1.54) is 23.9 Å². The Morgan fingerprint density at radius 1 is 1.11 bits per heavy atom. The fraction of sp³-hybridized carbons (Fsp3) is 0.333. The fourth-order valence-electron chi connectivity index (χ4n) is 3.74. The monoisotopic (exact) mass is 384 g/mol. The zero-order valence-corrected chi connectivity index (χ0v) is 15.7. The highest BCUT2D eigenvalue weighted by Crippen LogP contribution is 2.42. The van der Waals surface area contributed by atoms with Crippen molar-refractivity contribution >= 4 is 35.0 Å². The van der Waals surface area contributed by atoms with E-state index in [4.69, 9.17) is 0 Å². The zero-order valence-electron chi connectivity index (χ0n) is 14.9. The molecule has 1 aliphatic heterocycles.